The summed E-state index contributed by atoms with van der Waals surface area (Å²) in [6, 6.07) is 7.13. The van der Waals surface area contributed by atoms with Crippen molar-refractivity contribution in [3.05, 3.63) is 11.1 Å². The van der Waals surface area contributed by atoms with Crippen molar-refractivity contribution in [3.8, 4) is 24.3 Å². The van der Waals surface area contributed by atoms with Crippen LogP contribution in [0.3, 0.4) is 0 Å². The molecule has 0 fully saturated rings. The maximum absolute atomic E-state index is 8.97. The number of hydrogen-bond acceptors (Lipinski definition) is 4. The number of unbranched alkanes of at least 4 members (excludes halogenated alkanes) is 3. The molecular formula is C13H14N4. The van der Waals surface area contributed by atoms with Crippen molar-refractivity contribution in [2.75, 3.05) is 0 Å². The van der Waals surface area contributed by atoms with Gasteiger partial charge in [0.25, 0.3) is 0 Å². The normalized spacial score (nSPS) is 10.2. The summed E-state index contributed by atoms with van der Waals surface area (Å²) in [6.45, 7) is 2.09. The average molecular weight is 226 g/mol. The van der Waals surface area contributed by atoms with Crippen molar-refractivity contribution >= 4 is 0 Å². The first-order valence-electron chi connectivity index (χ1n) is 5.59. The highest BCUT2D eigenvalue weighted by Gasteiger charge is 2.18. The molecule has 0 bridgehead atoms. The molecule has 0 spiro atoms. The summed E-state index contributed by atoms with van der Waals surface area (Å²) in [4.78, 5) is 0. The van der Waals surface area contributed by atoms with Gasteiger partial charge in [0.2, 0.25) is 0 Å². The van der Waals surface area contributed by atoms with Gasteiger partial charge in [-0.15, -0.1) is 0 Å². The molecule has 0 aromatic heterocycles. The molecule has 86 valence electrons. The van der Waals surface area contributed by atoms with Crippen LogP contribution in [0.5, 0.6) is 0 Å². The van der Waals surface area contributed by atoms with Crippen LogP contribution in [0.1, 0.15) is 39.0 Å². The zero-order valence-electron chi connectivity index (χ0n) is 9.90. The molecule has 0 N–H and O–H groups in total. The second kappa shape index (κ2) is 8.96. The standard InChI is InChI=1S/C13H14N4/c1-2-3-4-5-6-11(7-14)13(10-17)12(8-15)9-16/h11H,2-6H2,1H3. The van der Waals surface area contributed by atoms with Gasteiger partial charge in [-0.25, -0.2) is 0 Å². The lowest BCUT2D eigenvalue weighted by molar-refractivity contribution is 0.586. The van der Waals surface area contributed by atoms with E-state index in [0.29, 0.717) is 6.42 Å². The number of nitriles is 4. The molecule has 0 saturated carbocycles. The van der Waals surface area contributed by atoms with Gasteiger partial charge in [0.05, 0.1) is 23.6 Å². The van der Waals surface area contributed by atoms with Gasteiger partial charge in [-0.1, -0.05) is 32.6 Å². The molecule has 4 nitrogen and oxygen atoms in total. The van der Waals surface area contributed by atoms with Crippen LogP contribution in [0.4, 0.5) is 0 Å². The quantitative estimate of drug-likeness (QED) is 0.513. The Morgan fingerprint density at radius 3 is 2.00 bits per heavy atom. The third-order valence-electron chi connectivity index (χ3n) is 2.46. The van der Waals surface area contributed by atoms with E-state index >= 15 is 0 Å². The van der Waals surface area contributed by atoms with Gasteiger partial charge in [0, 0.05) is 0 Å². The first kappa shape index (κ1) is 14.7. The predicted molar refractivity (Wildman–Crippen MR) is 61.7 cm³/mol. The fourth-order valence-electron chi connectivity index (χ4n) is 1.50. The van der Waals surface area contributed by atoms with Gasteiger partial charge in [-0.2, -0.15) is 21.0 Å². The number of nitrogens with zero attached hydrogens (tertiary/aromatic N) is 4. The van der Waals surface area contributed by atoms with Crippen molar-refractivity contribution in [2.24, 2.45) is 5.92 Å². The lowest BCUT2D eigenvalue weighted by Crippen LogP contribution is -2.03. The maximum atomic E-state index is 8.97. The van der Waals surface area contributed by atoms with Gasteiger partial charge in [0.1, 0.15) is 17.7 Å². The lowest BCUT2D eigenvalue weighted by Gasteiger charge is -2.06. The molecule has 0 saturated heterocycles. The Morgan fingerprint density at radius 2 is 1.59 bits per heavy atom. The summed E-state index contributed by atoms with van der Waals surface area (Å²) in [6.07, 6.45) is 4.56. The first-order chi connectivity index (χ1) is 8.24. The number of allylic oxidation sites excluding steroid dienone is 2. The highest BCUT2D eigenvalue weighted by atomic mass is 14.4. The Morgan fingerprint density at radius 1 is 0.941 bits per heavy atom. The number of rotatable bonds is 6. The van der Waals surface area contributed by atoms with Crippen LogP contribution in [0.15, 0.2) is 11.1 Å². The van der Waals surface area contributed by atoms with Crippen molar-refractivity contribution in [1.29, 1.82) is 21.0 Å². The molecule has 4 heteroatoms. The second-order valence-corrected chi connectivity index (χ2v) is 3.66. The van der Waals surface area contributed by atoms with Crippen LogP contribution in [0.2, 0.25) is 0 Å². The smallest absolute Gasteiger partial charge is 0.144 e. The highest BCUT2D eigenvalue weighted by Crippen LogP contribution is 2.20. The average Bonchev–Trinajstić information content (AvgIpc) is 2.37. The van der Waals surface area contributed by atoms with Crippen LogP contribution < -0.4 is 0 Å². The predicted octanol–water partition coefficient (Wildman–Crippen LogP) is 2.96. The van der Waals surface area contributed by atoms with Crippen LogP contribution in [0, 0.1) is 51.2 Å². The fourth-order valence-corrected chi connectivity index (χ4v) is 1.50. The highest BCUT2D eigenvalue weighted by molar-refractivity contribution is 5.48. The molecule has 0 aliphatic carbocycles. The molecule has 0 radical (unpaired) electrons. The van der Waals surface area contributed by atoms with Crippen molar-refractivity contribution in [3.63, 3.8) is 0 Å². The molecule has 0 amide bonds. The summed E-state index contributed by atoms with van der Waals surface area (Å²) in [5.41, 5.74) is -0.233. The summed E-state index contributed by atoms with van der Waals surface area (Å²) in [5, 5.41) is 35.3. The van der Waals surface area contributed by atoms with Crippen molar-refractivity contribution < 1.29 is 0 Å². The largest absolute Gasteiger partial charge is 0.198 e. The molecule has 1 atom stereocenters. The van der Waals surface area contributed by atoms with Crippen LogP contribution >= 0.6 is 0 Å². The van der Waals surface area contributed by atoms with Gasteiger partial charge in [0.15, 0.2) is 0 Å². The first-order valence-corrected chi connectivity index (χ1v) is 5.59. The van der Waals surface area contributed by atoms with Crippen LogP contribution in [0.25, 0.3) is 0 Å². The molecule has 0 aliphatic rings. The van der Waals surface area contributed by atoms with Crippen molar-refractivity contribution in [1.82, 2.24) is 0 Å². The zero-order valence-corrected chi connectivity index (χ0v) is 9.90. The maximum Gasteiger partial charge on any atom is 0.144 e. The minimum Gasteiger partial charge on any atom is -0.198 e. The third kappa shape index (κ3) is 4.83. The van der Waals surface area contributed by atoms with Crippen LogP contribution in [-0.2, 0) is 0 Å². The minimum absolute atomic E-state index is 0.00833. The van der Waals surface area contributed by atoms with E-state index in [0.717, 1.165) is 25.7 Å². The van der Waals surface area contributed by atoms with E-state index in [4.69, 9.17) is 21.0 Å². The molecule has 0 heterocycles. The molecule has 0 aromatic rings. The topological polar surface area (TPSA) is 95.2 Å². The molecule has 17 heavy (non-hydrogen) atoms. The van der Waals surface area contributed by atoms with E-state index in [1.54, 1.807) is 12.1 Å². The number of hydrogen-bond donors (Lipinski definition) is 0. The summed E-state index contributed by atoms with van der Waals surface area (Å²) >= 11 is 0. The van der Waals surface area contributed by atoms with E-state index < -0.39 is 5.92 Å². The minimum atomic E-state index is -0.633. The molecule has 0 rings (SSSR count). The summed E-state index contributed by atoms with van der Waals surface area (Å²) in [7, 11) is 0. The third-order valence-corrected chi connectivity index (χ3v) is 2.46. The van der Waals surface area contributed by atoms with E-state index in [2.05, 4.69) is 6.92 Å². The van der Waals surface area contributed by atoms with Crippen LogP contribution in [-0.4, -0.2) is 0 Å². The summed E-state index contributed by atoms with van der Waals surface area (Å²) in [5.74, 6) is -0.633. The Hall–Kier alpha value is -2.30. The Bertz CT molecular complexity index is 418. The summed E-state index contributed by atoms with van der Waals surface area (Å²) < 4.78 is 0. The SMILES string of the molecule is CCCCCCC(C#N)C(C#N)=C(C#N)C#N. The van der Waals surface area contributed by atoms with Gasteiger partial charge in [-0.05, 0) is 6.42 Å². The van der Waals surface area contributed by atoms with Gasteiger partial charge < -0.3 is 0 Å². The Kier molecular flexibility index (Phi) is 7.75. The van der Waals surface area contributed by atoms with Gasteiger partial charge in [-0.3, -0.25) is 0 Å². The molecule has 0 aliphatic heterocycles. The molecular weight excluding hydrogens is 212 g/mol. The lowest BCUT2D eigenvalue weighted by atomic mass is 9.92. The van der Waals surface area contributed by atoms with E-state index in [1.165, 1.54) is 0 Å². The molecule has 1 unspecified atom stereocenters. The molecule has 0 aromatic carbocycles. The fraction of sp³-hybridized carbons (Fsp3) is 0.538. The zero-order chi connectivity index (χ0) is 13.1. The Labute approximate surface area is 102 Å². The van der Waals surface area contributed by atoms with Crippen molar-refractivity contribution in [2.45, 2.75) is 39.0 Å². The van der Waals surface area contributed by atoms with E-state index in [1.807, 2.05) is 12.1 Å². The van der Waals surface area contributed by atoms with E-state index in [-0.39, 0.29) is 11.1 Å². The monoisotopic (exact) mass is 226 g/mol. The van der Waals surface area contributed by atoms with E-state index in [9.17, 15) is 0 Å². The Balaban J connectivity index is 4.73. The van der Waals surface area contributed by atoms with Gasteiger partial charge >= 0.3 is 0 Å². The second-order valence-electron chi connectivity index (χ2n) is 3.66.